The van der Waals surface area contributed by atoms with E-state index in [-0.39, 0.29) is 5.56 Å². The maximum Gasteiger partial charge on any atom is 0.332 e. The molecule has 0 aliphatic carbocycles. The number of anilines is 1. The van der Waals surface area contributed by atoms with Crippen molar-refractivity contribution in [3.05, 3.63) is 45.1 Å². The van der Waals surface area contributed by atoms with Crippen LogP contribution in [0, 0.1) is 11.3 Å². The van der Waals surface area contributed by atoms with Crippen LogP contribution in [0.25, 0.3) is 0 Å². The van der Waals surface area contributed by atoms with Gasteiger partial charge in [0.2, 0.25) is 0 Å². The van der Waals surface area contributed by atoms with Crippen LogP contribution in [0.15, 0.2) is 28.3 Å². The predicted octanol–water partition coefficient (Wildman–Crippen LogP) is -0.00632. The van der Waals surface area contributed by atoms with E-state index >= 15 is 0 Å². The minimum atomic E-state index is -0.540. The molecule has 1 aliphatic rings. The van der Waals surface area contributed by atoms with Gasteiger partial charge in [-0.1, -0.05) is 0 Å². The molecule has 0 aromatic carbocycles. The van der Waals surface area contributed by atoms with E-state index in [1.54, 1.807) is 19.6 Å². The Morgan fingerprint density at radius 3 is 2.48 bits per heavy atom. The zero-order valence-electron chi connectivity index (χ0n) is 13.1. The van der Waals surface area contributed by atoms with Gasteiger partial charge in [0.05, 0.1) is 6.33 Å². The Morgan fingerprint density at radius 2 is 1.91 bits per heavy atom. The van der Waals surface area contributed by atoms with E-state index in [9.17, 15) is 14.9 Å². The molecule has 8 heteroatoms. The maximum atomic E-state index is 12.2. The molecule has 1 aliphatic heterocycles. The van der Waals surface area contributed by atoms with Crippen molar-refractivity contribution in [2.45, 2.75) is 18.9 Å². The zero-order valence-corrected chi connectivity index (χ0v) is 13.1. The van der Waals surface area contributed by atoms with Crippen LogP contribution >= 0.6 is 0 Å². The number of aromatic nitrogens is 4. The Labute approximate surface area is 132 Å². The van der Waals surface area contributed by atoms with Crippen LogP contribution in [-0.2, 0) is 14.1 Å². The molecule has 120 valence electrons. The molecule has 2 aromatic rings. The van der Waals surface area contributed by atoms with E-state index in [4.69, 9.17) is 0 Å². The van der Waals surface area contributed by atoms with Crippen molar-refractivity contribution in [2.24, 2.45) is 14.1 Å². The molecule has 3 rings (SSSR count). The van der Waals surface area contributed by atoms with Crippen molar-refractivity contribution in [1.82, 2.24) is 18.7 Å². The topological polar surface area (TPSA) is 88.8 Å². The van der Waals surface area contributed by atoms with Crippen molar-refractivity contribution >= 4 is 5.82 Å². The molecule has 0 bridgehead atoms. The standard InChI is InChI=1S/C15H18N6O2/c1-18-13(12(9-16)14(22)19(2)15(18)23)20-6-3-11(4-7-20)21-8-5-17-10-21/h5,8,10-11H,3-4,6-7H2,1-2H3. The van der Waals surface area contributed by atoms with E-state index in [2.05, 4.69) is 9.55 Å². The summed E-state index contributed by atoms with van der Waals surface area (Å²) in [7, 11) is 2.99. The molecule has 23 heavy (non-hydrogen) atoms. The number of imidazole rings is 1. The summed E-state index contributed by atoms with van der Waals surface area (Å²) in [5.74, 6) is 0.421. The average molecular weight is 314 g/mol. The van der Waals surface area contributed by atoms with Crippen LogP contribution in [0.4, 0.5) is 5.82 Å². The van der Waals surface area contributed by atoms with E-state index < -0.39 is 11.2 Å². The van der Waals surface area contributed by atoms with Gasteiger partial charge < -0.3 is 9.47 Å². The van der Waals surface area contributed by atoms with Crippen molar-refractivity contribution in [1.29, 1.82) is 5.26 Å². The Morgan fingerprint density at radius 1 is 1.22 bits per heavy atom. The number of hydrogen-bond acceptors (Lipinski definition) is 5. The largest absolute Gasteiger partial charge is 0.356 e. The lowest BCUT2D eigenvalue weighted by atomic mass is 10.0. The number of nitrogens with zero attached hydrogens (tertiary/aromatic N) is 6. The fourth-order valence-electron chi connectivity index (χ4n) is 3.16. The van der Waals surface area contributed by atoms with Crippen molar-refractivity contribution in [2.75, 3.05) is 18.0 Å². The van der Waals surface area contributed by atoms with Gasteiger partial charge in [-0.2, -0.15) is 5.26 Å². The molecule has 0 atom stereocenters. The summed E-state index contributed by atoms with van der Waals surface area (Å²) in [4.78, 5) is 30.3. The normalized spacial score (nSPS) is 15.6. The Kier molecular flexibility index (Phi) is 3.78. The van der Waals surface area contributed by atoms with Crippen LogP contribution in [0.5, 0.6) is 0 Å². The predicted molar refractivity (Wildman–Crippen MR) is 84.4 cm³/mol. The van der Waals surface area contributed by atoms with Gasteiger partial charge in [-0.15, -0.1) is 0 Å². The summed E-state index contributed by atoms with van der Waals surface area (Å²) >= 11 is 0. The molecule has 0 spiro atoms. The maximum absolute atomic E-state index is 12.2. The van der Waals surface area contributed by atoms with Gasteiger partial charge in [-0.25, -0.2) is 9.78 Å². The summed E-state index contributed by atoms with van der Waals surface area (Å²) in [6.45, 7) is 1.36. The van der Waals surface area contributed by atoms with Crippen LogP contribution in [0.2, 0.25) is 0 Å². The lowest BCUT2D eigenvalue weighted by molar-refractivity contribution is 0.392. The van der Waals surface area contributed by atoms with E-state index in [1.165, 1.54) is 11.6 Å². The molecule has 0 amide bonds. The minimum absolute atomic E-state index is 0.0238. The monoisotopic (exact) mass is 314 g/mol. The van der Waals surface area contributed by atoms with E-state index in [0.717, 1.165) is 17.4 Å². The molecule has 0 saturated carbocycles. The lowest BCUT2D eigenvalue weighted by Crippen LogP contribution is -2.44. The molecule has 1 saturated heterocycles. The summed E-state index contributed by atoms with van der Waals surface area (Å²) in [6, 6.07) is 2.31. The van der Waals surface area contributed by atoms with Crippen LogP contribution in [0.1, 0.15) is 24.4 Å². The smallest absolute Gasteiger partial charge is 0.332 e. The van der Waals surface area contributed by atoms with Gasteiger partial charge in [0.15, 0.2) is 5.56 Å². The fourth-order valence-corrected chi connectivity index (χ4v) is 3.16. The highest BCUT2D eigenvalue weighted by molar-refractivity contribution is 5.53. The van der Waals surface area contributed by atoms with E-state index in [0.29, 0.717) is 24.9 Å². The third-order valence-electron chi connectivity index (χ3n) is 4.46. The summed E-state index contributed by atoms with van der Waals surface area (Å²) in [5, 5.41) is 9.35. The molecule has 8 nitrogen and oxygen atoms in total. The summed E-state index contributed by atoms with van der Waals surface area (Å²) in [6.07, 6.45) is 7.23. The Balaban J connectivity index is 1.94. The second kappa shape index (κ2) is 5.76. The molecule has 1 fully saturated rings. The van der Waals surface area contributed by atoms with Crippen molar-refractivity contribution in [3.8, 4) is 6.07 Å². The van der Waals surface area contributed by atoms with Gasteiger partial charge in [-0.05, 0) is 12.8 Å². The highest BCUT2D eigenvalue weighted by Crippen LogP contribution is 2.26. The van der Waals surface area contributed by atoms with Crippen LogP contribution in [-0.4, -0.2) is 31.8 Å². The lowest BCUT2D eigenvalue weighted by Gasteiger charge is -2.35. The number of rotatable bonds is 2. The zero-order chi connectivity index (χ0) is 16.6. The first-order chi connectivity index (χ1) is 11.0. The number of nitriles is 1. The summed E-state index contributed by atoms with van der Waals surface area (Å²) < 4.78 is 4.43. The molecule has 2 aromatic heterocycles. The highest BCUT2D eigenvalue weighted by Gasteiger charge is 2.26. The number of hydrogen-bond donors (Lipinski definition) is 0. The van der Waals surface area contributed by atoms with Crippen LogP contribution in [0.3, 0.4) is 0 Å². The minimum Gasteiger partial charge on any atom is -0.356 e. The van der Waals surface area contributed by atoms with Gasteiger partial charge in [0.1, 0.15) is 11.9 Å². The second-order valence-electron chi connectivity index (χ2n) is 5.74. The molecule has 0 N–H and O–H groups in total. The Hall–Kier alpha value is -2.82. The van der Waals surface area contributed by atoms with E-state index in [1.807, 2.05) is 17.2 Å². The van der Waals surface area contributed by atoms with Gasteiger partial charge in [0.25, 0.3) is 5.56 Å². The van der Waals surface area contributed by atoms with Gasteiger partial charge in [-0.3, -0.25) is 13.9 Å². The molecular weight excluding hydrogens is 296 g/mol. The van der Waals surface area contributed by atoms with Crippen LogP contribution < -0.4 is 16.1 Å². The molecule has 0 unspecified atom stereocenters. The molecule has 3 heterocycles. The second-order valence-corrected chi connectivity index (χ2v) is 5.74. The fraction of sp³-hybridized carbons (Fsp3) is 0.467. The van der Waals surface area contributed by atoms with Crippen molar-refractivity contribution < 1.29 is 0 Å². The quantitative estimate of drug-likeness (QED) is 0.778. The highest BCUT2D eigenvalue weighted by atomic mass is 16.2. The van der Waals surface area contributed by atoms with Gasteiger partial charge in [0, 0.05) is 45.6 Å². The summed E-state index contributed by atoms with van der Waals surface area (Å²) in [5.41, 5.74) is -0.932. The number of piperidine rings is 1. The Bertz CT molecular complexity index is 863. The molecule has 0 radical (unpaired) electrons. The third-order valence-corrected chi connectivity index (χ3v) is 4.46. The average Bonchev–Trinajstić information content (AvgIpc) is 3.11. The molecular formula is C15H18N6O2. The SMILES string of the molecule is Cn1c(N2CCC(n3ccnc3)CC2)c(C#N)c(=O)n(C)c1=O. The van der Waals surface area contributed by atoms with Crippen molar-refractivity contribution in [3.63, 3.8) is 0 Å². The first kappa shape index (κ1) is 15.1. The first-order valence-electron chi connectivity index (χ1n) is 7.47. The first-order valence-corrected chi connectivity index (χ1v) is 7.47. The van der Waals surface area contributed by atoms with Gasteiger partial charge >= 0.3 is 5.69 Å². The third kappa shape index (κ3) is 2.44.